The second kappa shape index (κ2) is 3.53. The first-order valence-corrected chi connectivity index (χ1v) is 4.36. The summed E-state index contributed by atoms with van der Waals surface area (Å²) in [4.78, 5) is 19.0. The monoisotopic (exact) mass is 203 g/mol. The molecule has 0 aliphatic carbocycles. The van der Waals surface area contributed by atoms with Crippen molar-refractivity contribution in [2.75, 3.05) is 5.73 Å². The Morgan fingerprint density at radius 1 is 1.53 bits per heavy atom. The highest BCUT2D eigenvalue weighted by Gasteiger charge is 2.17. The largest absolute Gasteiger partial charge is 0.423 e. The Labute approximate surface area is 86.0 Å². The Bertz CT molecular complexity index is 491. The number of nitrogens with zero attached hydrogens (tertiary/aromatic N) is 2. The number of ketones is 1. The summed E-state index contributed by atoms with van der Waals surface area (Å²) >= 11 is 0. The third kappa shape index (κ3) is 1.71. The summed E-state index contributed by atoms with van der Waals surface area (Å²) in [5.41, 5.74) is 6.33. The van der Waals surface area contributed by atoms with Crippen LogP contribution >= 0.6 is 0 Å². The quantitative estimate of drug-likeness (QED) is 0.748. The van der Waals surface area contributed by atoms with E-state index >= 15 is 0 Å². The predicted octanol–water partition coefficient (Wildman–Crippen LogP) is 1.52. The van der Waals surface area contributed by atoms with E-state index in [9.17, 15) is 4.79 Å². The molecule has 0 saturated carbocycles. The molecule has 0 spiro atoms. The van der Waals surface area contributed by atoms with Gasteiger partial charge in [-0.2, -0.15) is 4.98 Å². The lowest BCUT2D eigenvalue weighted by Crippen LogP contribution is -1.95. The molecule has 0 aliphatic rings. The maximum Gasteiger partial charge on any atom is 0.293 e. The standard InChI is InChI=1S/C10H9N3O2/c1-6(14)8-9(15-10(11)13-8)7-3-2-4-12-5-7/h2-5H,1H3,(H2,11,13). The Morgan fingerprint density at radius 3 is 2.93 bits per heavy atom. The number of carbonyl (C=O) groups excluding carboxylic acids is 1. The number of oxazole rings is 1. The van der Waals surface area contributed by atoms with Crippen LogP contribution in [0.5, 0.6) is 0 Å². The molecule has 5 nitrogen and oxygen atoms in total. The van der Waals surface area contributed by atoms with Gasteiger partial charge in [0.05, 0.1) is 0 Å². The van der Waals surface area contributed by atoms with Gasteiger partial charge >= 0.3 is 0 Å². The third-order valence-corrected chi connectivity index (χ3v) is 1.90. The molecular formula is C10H9N3O2. The van der Waals surface area contributed by atoms with E-state index in [0.29, 0.717) is 11.3 Å². The average molecular weight is 203 g/mol. The Balaban J connectivity index is 2.58. The number of hydrogen-bond donors (Lipinski definition) is 1. The molecule has 2 aromatic rings. The summed E-state index contributed by atoms with van der Waals surface area (Å²) < 4.78 is 5.17. The Hall–Kier alpha value is -2.17. The van der Waals surface area contributed by atoms with Crippen molar-refractivity contribution in [3.05, 3.63) is 30.2 Å². The van der Waals surface area contributed by atoms with E-state index in [1.807, 2.05) is 0 Å². The van der Waals surface area contributed by atoms with E-state index in [4.69, 9.17) is 10.2 Å². The topological polar surface area (TPSA) is 82.0 Å². The smallest absolute Gasteiger partial charge is 0.293 e. The molecule has 2 heterocycles. The minimum atomic E-state index is -0.186. The van der Waals surface area contributed by atoms with Gasteiger partial charge in [0.2, 0.25) is 0 Å². The molecule has 2 rings (SSSR count). The van der Waals surface area contributed by atoms with Crippen molar-refractivity contribution in [3.63, 3.8) is 0 Å². The summed E-state index contributed by atoms with van der Waals surface area (Å²) in [7, 11) is 0. The second-order valence-electron chi connectivity index (χ2n) is 3.03. The molecule has 0 fully saturated rings. The van der Waals surface area contributed by atoms with Crippen molar-refractivity contribution < 1.29 is 9.21 Å². The molecule has 0 aliphatic heterocycles. The summed E-state index contributed by atoms with van der Waals surface area (Å²) in [6.45, 7) is 1.41. The first-order chi connectivity index (χ1) is 7.18. The molecule has 76 valence electrons. The maximum absolute atomic E-state index is 11.3. The fourth-order valence-electron chi connectivity index (χ4n) is 1.27. The van der Waals surface area contributed by atoms with Gasteiger partial charge in [-0.05, 0) is 12.1 Å². The number of anilines is 1. The highest BCUT2D eigenvalue weighted by molar-refractivity contribution is 5.97. The van der Waals surface area contributed by atoms with Gasteiger partial charge in [-0.25, -0.2) is 0 Å². The van der Waals surface area contributed by atoms with Gasteiger partial charge in [-0.15, -0.1) is 0 Å². The molecule has 15 heavy (non-hydrogen) atoms. The predicted molar refractivity (Wildman–Crippen MR) is 54.2 cm³/mol. The lowest BCUT2D eigenvalue weighted by Gasteiger charge is -1.95. The lowest BCUT2D eigenvalue weighted by molar-refractivity contribution is 0.101. The summed E-state index contributed by atoms with van der Waals surface area (Å²) in [6.07, 6.45) is 3.23. The average Bonchev–Trinajstić information content (AvgIpc) is 2.62. The van der Waals surface area contributed by atoms with E-state index in [2.05, 4.69) is 9.97 Å². The van der Waals surface area contributed by atoms with E-state index < -0.39 is 0 Å². The van der Waals surface area contributed by atoms with E-state index in [1.165, 1.54) is 6.92 Å². The van der Waals surface area contributed by atoms with Crippen molar-refractivity contribution in [2.24, 2.45) is 0 Å². The van der Waals surface area contributed by atoms with Crippen LogP contribution in [-0.2, 0) is 0 Å². The van der Waals surface area contributed by atoms with E-state index in [-0.39, 0.29) is 17.5 Å². The Morgan fingerprint density at radius 2 is 2.33 bits per heavy atom. The summed E-state index contributed by atoms with van der Waals surface area (Å²) in [6, 6.07) is 3.51. The van der Waals surface area contributed by atoms with Gasteiger partial charge in [0.25, 0.3) is 6.01 Å². The van der Waals surface area contributed by atoms with Gasteiger partial charge in [0.1, 0.15) is 0 Å². The van der Waals surface area contributed by atoms with Gasteiger partial charge in [-0.3, -0.25) is 9.78 Å². The number of nitrogens with two attached hydrogens (primary N) is 1. The molecule has 2 aromatic heterocycles. The van der Waals surface area contributed by atoms with Crippen LogP contribution in [0.3, 0.4) is 0 Å². The molecule has 0 saturated heterocycles. The van der Waals surface area contributed by atoms with Crippen molar-refractivity contribution in [3.8, 4) is 11.3 Å². The van der Waals surface area contributed by atoms with Crippen LogP contribution in [0, 0.1) is 0 Å². The van der Waals surface area contributed by atoms with Crippen molar-refractivity contribution in [2.45, 2.75) is 6.92 Å². The second-order valence-corrected chi connectivity index (χ2v) is 3.03. The molecule has 5 heteroatoms. The van der Waals surface area contributed by atoms with Crippen LogP contribution in [0.15, 0.2) is 28.9 Å². The molecule has 0 aromatic carbocycles. The number of Topliss-reactive ketones (excluding diaryl/α,β-unsaturated/α-hetero) is 1. The fraction of sp³-hybridized carbons (Fsp3) is 0.100. The Kier molecular flexibility index (Phi) is 2.21. The molecule has 0 atom stereocenters. The number of aromatic nitrogens is 2. The molecule has 0 amide bonds. The highest BCUT2D eigenvalue weighted by Crippen LogP contribution is 2.25. The highest BCUT2D eigenvalue weighted by atomic mass is 16.4. The van der Waals surface area contributed by atoms with Crippen LogP contribution in [0.1, 0.15) is 17.4 Å². The first kappa shape index (κ1) is 9.39. The van der Waals surface area contributed by atoms with Crippen LogP contribution in [0.2, 0.25) is 0 Å². The zero-order valence-corrected chi connectivity index (χ0v) is 8.10. The van der Waals surface area contributed by atoms with Crippen molar-refractivity contribution in [1.82, 2.24) is 9.97 Å². The van der Waals surface area contributed by atoms with Crippen LogP contribution in [0.25, 0.3) is 11.3 Å². The first-order valence-electron chi connectivity index (χ1n) is 4.36. The number of hydrogen-bond acceptors (Lipinski definition) is 5. The van der Waals surface area contributed by atoms with E-state index in [1.54, 1.807) is 24.5 Å². The van der Waals surface area contributed by atoms with Crippen LogP contribution in [0.4, 0.5) is 6.01 Å². The number of pyridine rings is 1. The third-order valence-electron chi connectivity index (χ3n) is 1.90. The maximum atomic E-state index is 11.3. The summed E-state index contributed by atoms with van der Waals surface area (Å²) in [5, 5.41) is 0. The molecular weight excluding hydrogens is 194 g/mol. The van der Waals surface area contributed by atoms with Gasteiger partial charge in [0.15, 0.2) is 17.2 Å². The van der Waals surface area contributed by atoms with Crippen LogP contribution < -0.4 is 5.73 Å². The SMILES string of the molecule is CC(=O)c1nc(N)oc1-c1cccnc1. The zero-order valence-electron chi connectivity index (χ0n) is 8.10. The van der Waals surface area contributed by atoms with Gasteiger partial charge in [-0.1, -0.05) is 0 Å². The molecule has 0 unspecified atom stereocenters. The molecule has 2 N–H and O–H groups in total. The number of rotatable bonds is 2. The van der Waals surface area contributed by atoms with E-state index in [0.717, 1.165) is 0 Å². The number of carbonyl (C=O) groups is 1. The fourth-order valence-corrected chi connectivity index (χ4v) is 1.27. The zero-order chi connectivity index (χ0) is 10.8. The number of nitrogen functional groups attached to an aromatic ring is 1. The van der Waals surface area contributed by atoms with Gasteiger partial charge in [0, 0.05) is 24.9 Å². The van der Waals surface area contributed by atoms with Crippen LogP contribution in [-0.4, -0.2) is 15.8 Å². The normalized spacial score (nSPS) is 10.2. The van der Waals surface area contributed by atoms with Gasteiger partial charge < -0.3 is 10.2 Å². The minimum Gasteiger partial charge on any atom is -0.423 e. The van der Waals surface area contributed by atoms with Crippen molar-refractivity contribution >= 4 is 11.8 Å². The lowest BCUT2D eigenvalue weighted by atomic mass is 10.1. The molecule has 0 radical (unpaired) electrons. The van der Waals surface area contributed by atoms with Crippen molar-refractivity contribution in [1.29, 1.82) is 0 Å². The summed E-state index contributed by atoms with van der Waals surface area (Å²) in [5.74, 6) is 0.183. The minimum absolute atomic E-state index is 0.0148. The molecule has 0 bridgehead atoms.